The number of nitrogens with zero attached hydrogens (tertiary/aromatic N) is 1. The standard InChI is InChI=1S/C26H32N4O3/c31-23(21-11-5-2-6-12-21)30-17-13-22(14-18-30)28-24(32)26(15-7-8-16-26)29-25(33)27-19-20-9-3-1-4-10-20/h1-6,9-12,22H,7-8,13-19H2,(H,28,32)(H2,27,29,33). The van der Waals surface area contributed by atoms with Crippen LogP contribution in [0.25, 0.3) is 0 Å². The average Bonchev–Trinajstić information content (AvgIpc) is 3.34. The van der Waals surface area contributed by atoms with Crippen molar-refractivity contribution in [3.8, 4) is 0 Å². The number of hydrogen-bond acceptors (Lipinski definition) is 3. The molecule has 0 spiro atoms. The minimum Gasteiger partial charge on any atom is -0.351 e. The minimum atomic E-state index is -0.863. The van der Waals surface area contributed by atoms with Crippen LogP contribution in [0.2, 0.25) is 0 Å². The highest BCUT2D eigenvalue weighted by Gasteiger charge is 2.43. The van der Waals surface area contributed by atoms with Gasteiger partial charge in [0.05, 0.1) is 0 Å². The molecule has 4 rings (SSSR count). The van der Waals surface area contributed by atoms with Crippen LogP contribution in [0.5, 0.6) is 0 Å². The lowest BCUT2D eigenvalue weighted by Crippen LogP contribution is -2.61. The van der Waals surface area contributed by atoms with Gasteiger partial charge in [-0.1, -0.05) is 61.4 Å². The van der Waals surface area contributed by atoms with Gasteiger partial charge in [-0.15, -0.1) is 0 Å². The van der Waals surface area contributed by atoms with Gasteiger partial charge in [0.1, 0.15) is 5.54 Å². The van der Waals surface area contributed by atoms with Crippen LogP contribution in [0.3, 0.4) is 0 Å². The summed E-state index contributed by atoms with van der Waals surface area (Å²) in [4.78, 5) is 40.3. The van der Waals surface area contributed by atoms with Gasteiger partial charge >= 0.3 is 6.03 Å². The molecule has 1 heterocycles. The zero-order chi connectivity index (χ0) is 23.1. The van der Waals surface area contributed by atoms with Gasteiger partial charge in [0, 0.05) is 31.2 Å². The number of amides is 4. The molecule has 1 aliphatic heterocycles. The number of nitrogens with one attached hydrogen (secondary N) is 3. The molecule has 7 heteroatoms. The lowest BCUT2D eigenvalue weighted by Gasteiger charge is -2.35. The number of piperidine rings is 1. The molecule has 2 fully saturated rings. The summed E-state index contributed by atoms with van der Waals surface area (Å²) in [6.07, 6.45) is 4.53. The summed E-state index contributed by atoms with van der Waals surface area (Å²) in [6.45, 7) is 1.63. The normalized spacial score (nSPS) is 17.9. The zero-order valence-electron chi connectivity index (χ0n) is 18.9. The maximum atomic E-state index is 13.2. The molecule has 2 aromatic carbocycles. The second kappa shape index (κ2) is 10.5. The summed E-state index contributed by atoms with van der Waals surface area (Å²) in [6, 6.07) is 18.7. The summed E-state index contributed by atoms with van der Waals surface area (Å²) in [5.74, 6) is -0.0768. The van der Waals surface area contributed by atoms with Gasteiger partial charge in [-0.2, -0.15) is 0 Å². The Labute approximate surface area is 194 Å². The van der Waals surface area contributed by atoms with Crippen LogP contribution in [0.15, 0.2) is 60.7 Å². The summed E-state index contributed by atoms with van der Waals surface area (Å²) < 4.78 is 0. The summed E-state index contributed by atoms with van der Waals surface area (Å²) in [7, 11) is 0. The third-order valence-corrected chi connectivity index (χ3v) is 6.68. The molecule has 7 nitrogen and oxygen atoms in total. The van der Waals surface area contributed by atoms with Crippen LogP contribution in [0.1, 0.15) is 54.4 Å². The molecule has 0 bridgehead atoms. The van der Waals surface area contributed by atoms with E-state index in [0.29, 0.717) is 50.9 Å². The maximum absolute atomic E-state index is 13.2. The van der Waals surface area contributed by atoms with E-state index in [1.807, 2.05) is 65.6 Å². The number of likely N-dealkylation sites (tertiary alicyclic amines) is 1. The number of urea groups is 1. The number of hydrogen-bond donors (Lipinski definition) is 3. The van der Waals surface area contributed by atoms with E-state index in [4.69, 9.17) is 0 Å². The van der Waals surface area contributed by atoms with E-state index in [9.17, 15) is 14.4 Å². The Balaban J connectivity index is 1.28. The second-order valence-electron chi connectivity index (χ2n) is 8.99. The van der Waals surface area contributed by atoms with Crippen molar-refractivity contribution in [3.63, 3.8) is 0 Å². The van der Waals surface area contributed by atoms with Gasteiger partial charge in [-0.3, -0.25) is 9.59 Å². The molecule has 1 saturated heterocycles. The van der Waals surface area contributed by atoms with Crippen LogP contribution < -0.4 is 16.0 Å². The predicted molar refractivity (Wildman–Crippen MR) is 127 cm³/mol. The third-order valence-electron chi connectivity index (χ3n) is 6.68. The van der Waals surface area contributed by atoms with Gasteiger partial charge in [0.2, 0.25) is 5.91 Å². The lowest BCUT2D eigenvalue weighted by atomic mass is 9.94. The number of carbonyl (C=O) groups is 3. The Kier molecular flexibility index (Phi) is 7.27. The quantitative estimate of drug-likeness (QED) is 0.634. The first-order chi connectivity index (χ1) is 16.1. The van der Waals surface area contributed by atoms with E-state index in [1.165, 1.54) is 0 Å². The summed E-state index contributed by atoms with van der Waals surface area (Å²) >= 11 is 0. The Morgan fingerprint density at radius 1 is 0.879 bits per heavy atom. The van der Waals surface area contributed by atoms with Gasteiger partial charge in [0.25, 0.3) is 5.91 Å². The van der Waals surface area contributed by atoms with Crippen LogP contribution in [0.4, 0.5) is 4.79 Å². The number of benzene rings is 2. The average molecular weight is 449 g/mol. The molecule has 174 valence electrons. The highest BCUT2D eigenvalue weighted by atomic mass is 16.2. The van der Waals surface area contributed by atoms with Crippen LogP contribution >= 0.6 is 0 Å². The van der Waals surface area contributed by atoms with Crippen LogP contribution in [0, 0.1) is 0 Å². The summed E-state index contributed by atoms with van der Waals surface area (Å²) in [5, 5.41) is 9.00. The first-order valence-corrected chi connectivity index (χ1v) is 11.8. The molecule has 2 aromatic rings. The highest BCUT2D eigenvalue weighted by molar-refractivity contribution is 5.94. The fraction of sp³-hybridized carbons (Fsp3) is 0.423. The van der Waals surface area contributed by atoms with E-state index in [0.717, 1.165) is 18.4 Å². The van der Waals surface area contributed by atoms with Crippen molar-refractivity contribution in [3.05, 3.63) is 71.8 Å². The lowest BCUT2D eigenvalue weighted by molar-refractivity contribution is -0.128. The molecule has 1 aliphatic carbocycles. The maximum Gasteiger partial charge on any atom is 0.315 e. The molecule has 2 aliphatic rings. The van der Waals surface area contributed by atoms with Gasteiger partial charge in [-0.25, -0.2) is 4.79 Å². The van der Waals surface area contributed by atoms with E-state index in [2.05, 4.69) is 16.0 Å². The fourth-order valence-corrected chi connectivity index (χ4v) is 4.74. The van der Waals surface area contributed by atoms with Crippen molar-refractivity contribution in [1.82, 2.24) is 20.9 Å². The molecule has 3 N–H and O–H groups in total. The largest absolute Gasteiger partial charge is 0.351 e. The molecular formula is C26H32N4O3. The fourth-order valence-electron chi connectivity index (χ4n) is 4.74. The smallest absolute Gasteiger partial charge is 0.315 e. The van der Waals surface area contributed by atoms with Crippen molar-refractivity contribution in [2.45, 2.75) is 56.7 Å². The van der Waals surface area contributed by atoms with Crippen molar-refractivity contribution in [1.29, 1.82) is 0 Å². The molecule has 0 aromatic heterocycles. The van der Waals surface area contributed by atoms with E-state index in [-0.39, 0.29) is 23.9 Å². The minimum absolute atomic E-state index is 0.00368. The molecule has 0 radical (unpaired) electrons. The highest BCUT2D eigenvalue weighted by Crippen LogP contribution is 2.30. The first kappa shape index (κ1) is 22.8. The van der Waals surface area contributed by atoms with Crippen molar-refractivity contribution < 1.29 is 14.4 Å². The van der Waals surface area contributed by atoms with Gasteiger partial charge in [-0.05, 0) is 43.4 Å². The summed E-state index contributed by atoms with van der Waals surface area (Å²) in [5.41, 5.74) is 0.836. The molecule has 0 unspecified atom stereocenters. The van der Waals surface area contributed by atoms with E-state index in [1.54, 1.807) is 0 Å². The first-order valence-electron chi connectivity index (χ1n) is 11.8. The second-order valence-corrected chi connectivity index (χ2v) is 8.99. The molecular weight excluding hydrogens is 416 g/mol. The van der Waals surface area contributed by atoms with Crippen LogP contribution in [-0.2, 0) is 11.3 Å². The zero-order valence-corrected chi connectivity index (χ0v) is 18.9. The monoisotopic (exact) mass is 448 g/mol. The van der Waals surface area contributed by atoms with Gasteiger partial charge in [0.15, 0.2) is 0 Å². The van der Waals surface area contributed by atoms with Crippen molar-refractivity contribution in [2.75, 3.05) is 13.1 Å². The topological polar surface area (TPSA) is 90.5 Å². The van der Waals surface area contributed by atoms with E-state index < -0.39 is 5.54 Å². The van der Waals surface area contributed by atoms with Gasteiger partial charge < -0.3 is 20.9 Å². The molecule has 0 atom stereocenters. The number of carbonyl (C=O) groups excluding carboxylic acids is 3. The van der Waals surface area contributed by atoms with Crippen LogP contribution in [-0.4, -0.2) is 47.4 Å². The Morgan fingerprint density at radius 2 is 1.48 bits per heavy atom. The van der Waals surface area contributed by atoms with Crippen molar-refractivity contribution >= 4 is 17.8 Å². The SMILES string of the molecule is O=C(NCc1ccccc1)NC1(C(=O)NC2CCN(C(=O)c3ccccc3)CC2)CCCC1. The molecule has 33 heavy (non-hydrogen) atoms. The Hall–Kier alpha value is -3.35. The molecule has 1 saturated carbocycles. The van der Waals surface area contributed by atoms with Crippen molar-refractivity contribution in [2.24, 2.45) is 0 Å². The molecule has 4 amide bonds. The predicted octanol–water partition coefficient (Wildman–Crippen LogP) is 3.22. The van der Waals surface area contributed by atoms with E-state index >= 15 is 0 Å². The third kappa shape index (κ3) is 5.72. The number of rotatable bonds is 6. The Morgan fingerprint density at radius 3 is 2.12 bits per heavy atom. The Bertz CT molecular complexity index is 950.